The van der Waals surface area contributed by atoms with Crippen LogP contribution in [0, 0.1) is 11.3 Å². The van der Waals surface area contributed by atoms with E-state index in [0.29, 0.717) is 5.41 Å². The largest absolute Gasteiger partial charge is 0.385 e. The molecule has 1 aliphatic carbocycles. The van der Waals surface area contributed by atoms with Crippen molar-refractivity contribution >= 4 is 29.9 Å². The first-order chi connectivity index (χ1) is 11.7. The fourth-order valence-electron chi connectivity index (χ4n) is 3.91. The lowest BCUT2D eigenvalue weighted by molar-refractivity contribution is 0.0778. The van der Waals surface area contributed by atoms with Crippen LogP contribution in [0.1, 0.15) is 52.4 Å². The van der Waals surface area contributed by atoms with Crippen molar-refractivity contribution in [1.29, 1.82) is 0 Å². The minimum atomic E-state index is 0. The molecule has 25 heavy (non-hydrogen) atoms. The molecule has 0 radical (unpaired) electrons. The first-order valence-electron chi connectivity index (χ1n) is 9.95. The van der Waals surface area contributed by atoms with Crippen LogP contribution < -0.4 is 10.6 Å². The summed E-state index contributed by atoms with van der Waals surface area (Å²) < 4.78 is 5.29. The summed E-state index contributed by atoms with van der Waals surface area (Å²) in [4.78, 5) is 7.49. The van der Waals surface area contributed by atoms with E-state index in [4.69, 9.17) is 9.73 Å². The highest BCUT2D eigenvalue weighted by atomic mass is 127. The third kappa shape index (κ3) is 7.59. The molecule has 0 amide bonds. The number of hydrogen-bond acceptors (Lipinski definition) is 3. The molecule has 0 aromatic rings. The topological polar surface area (TPSA) is 48.9 Å². The van der Waals surface area contributed by atoms with Gasteiger partial charge in [0.15, 0.2) is 5.96 Å². The van der Waals surface area contributed by atoms with Crippen molar-refractivity contribution in [2.24, 2.45) is 16.3 Å². The van der Waals surface area contributed by atoms with Crippen LogP contribution in [0.25, 0.3) is 0 Å². The monoisotopic (exact) mass is 466 g/mol. The van der Waals surface area contributed by atoms with E-state index in [-0.39, 0.29) is 24.0 Å². The highest BCUT2D eigenvalue weighted by Crippen LogP contribution is 2.44. The minimum absolute atomic E-state index is 0. The van der Waals surface area contributed by atoms with Crippen LogP contribution in [0.5, 0.6) is 0 Å². The molecule has 5 nitrogen and oxygen atoms in total. The lowest BCUT2D eigenvalue weighted by atomic mass is 9.67. The van der Waals surface area contributed by atoms with Gasteiger partial charge in [0.2, 0.25) is 0 Å². The number of nitrogens with one attached hydrogen (secondary N) is 2. The number of aliphatic imine (C=N–C) groups is 1. The quantitative estimate of drug-likeness (QED) is 0.295. The molecule has 1 aliphatic heterocycles. The van der Waals surface area contributed by atoms with Gasteiger partial charge in [0, 0.05) is 39.9 Å². The summed E-state index contributed by atoms with van der Waals surface area (Å²) in [7, 11) is 1.80. The number of halogens is 1. The van der Waals surface area contributed by atoms with E-state index in [9.17, 15) is 0 Å². The fraction of sp³-hybridized carbons (Fsp3) is 0.947. The summed E-state index contributed by atoms with van der Waals surface area (Å²) in [6.07, 6.45) is 7.65. The van der Waals surface area contributed by atoms with Gasteiger partial charge in [-0.1, -0.05) is 13.3 Å². The van der Waals surface area contributed by atoms with Crippen molar-refractivity contribution in [2.45, 2.75) is 52.4 Å². The first-order valence-corrected chi connectivity index (χ1v) is 9.95. The maximum Gasteiger partial charge on any atom is 0.191 e. The Morgan fingerprint density at radius 1 is 1.28 bits per heavy atom. The number of ether oxygens (including phenoxy) is 1. The Labute approximate surface area is 171 Å². The Kier molecular flexibility index (Phi) is 11.3. The summed E-state index contributed by atoms with van der Waals surface area (Å²) in [5, 5.41) is 7.00. The van der Waals surface area contributed by atoms with Crippen LogP contribution in [0.3, 0.4) is 0 Å². The molecule has 0 bridgehead atoms. The third-order valence-corrected chi connectivity index (χ3v) is 5.64. The van der Waals surface area contributed by atoms with Gasteiger partial charge in [0.05, 0.1) is 0 Å². The molecule has 2 N–H and O–H groups in total. The number of likely N-dealkylation sites (tertiary alicyclic amines) is 1. The molecule has 148 valence electrons. The standard InChI is InChI=1S/C19H38N4O.HI/c1-4-11-23-12-7-17(15-23)14-21-18(20-5-2)22-16-19(8-6-9-19)10-13-24-3;/h17H,4-16H2,1-3H3,(H2,20,21,22);1H. The van der Waals surface area contributed by atoms with Crippen LogP contribution in [0.4, 0.5) is 0 Å². The molecule has 1 saturated heterocycles. The van der Waals surface area contributed by atoms with E-state index in [1.807, 2.05) is 0 Å². The molecule has 0 spiro atoms. The highest BCUT2D eigenvalue weighted by Gasteiger charge is 2.36. The average molecular weight is 466 g/mol. The predicted octanol–water partition coefficient (Wildman–Crippen LogP) is 3.10. The van der Waals surface area contributed by atoms with Gasteiger partial charge in [-0.3, -0.25) is 4.99 Å². The van der Waals surface area contributed by atoms with E-state index in [0.717, 1.165) is 44.5 Å². The van der Waals surface area contributed by atoms with Gasteiger partial charge < -0.3 is 20.3 Å². The maximum atomic E-state index is 5.29. The van der Waals surface area contributed by atoms with Crippen molar-refractivity contribution < 1.29 is 4.74 Å². The van der Waals surface area contributed by atoms with Gasteiger partial charge in [-0.25, -0.2) is 0 Å². The van der Waals surface area contributed by atoms with Gasteiger partial charge in [-0.2, -0.15) is 0 Å². The molecule has 1 saturated carbocycles. The van der Waals surface area contributed by atoms with Crippen molar-refractivity contribution in [3.8, 4) is 0 Å². The van der Waals surface area contributed by atoms with Gasteiger partial charge in [-0.15, -0.1) is 24.0 Å². The van der Waals surface area contributed by atoms with E-state index >= 15 is 0 Å². The van der Waals surface area contributed by atoms with Gasteiger partial charge in [-0.05, 0) is 63.5 Å². The predicted molar refractivity (Wildman–Crippen MR) is 117 cm³/mol. The van der Waals surface area contributed by atoms with Crippen molar-refractivity contribution in [2.75, 3.05) is 53.0 Å². The molecule has 1 heterocycles. The van der Waals surface area contributed by atoms with Crippen LogP contribution >= 0.6 is 24.0 Å². The van der Waals surface area contributed by atoms with Crippen molar-refractivity contribution in [3.05, 3.63) is 0 Å². The zero-order valence-electron chi connectivity index (χ0n) is 16.5. The highest BCUT2D eigenvalue weighted by molar-refractivity contribution is 14.0. The Morgan fingerprint density at radius 2 is 2.08 bits per heavy atom. The second kappa shape index (κ2) is 12.3. The third-order valence-electron chi connectivity index (χ3n) is 5.64. The number of nitrogens with zero attached hydrogens (tertiary/aromatic N) is 2. The lowest BCUT2D eigenvalue weighted by Gasteiger charge is -2.40. The van der Waals surface area contributed by atoms with Gasteiger partial charge in [0.1, 0.15) is 0 Å². The van der Waals surface area contributed by atoms with Gasteiger partial charge >= 0.3 is 0 Å². The summed E-state index contributed by atoms with van der Waals surface area (Å²) in [6, 6.07) is 0. The van der Waals surface area contributed by atoms with E-state index < -0.39 is 0 Å². The SMILES string of the molecule is CCCN1CCC(CNC(=NCC2(CCOC)CCC2)NCC)C1.I. The molecule has 1 atom stereocenters. The van der Waals surface area contributed by atoms with E-state index in [1.54, 1.807) is 7.11 Å². The van der Waals surface area contributed by atoms with Crippen LogP contribution in [-0.2, 0) is 4.74 Å². The lowest BCUT2D eigenvalue weighted by Crippen LogP contribution is -2.42. The van der Waals surface area contributed by atoms with Crippen LogP contribution in [0.15, 0.2) is 4.99 Å². The van der Waals surface area contributed by atoms with Crippen molar-refractivity contribution in [1.82, 2.24) is 15.5 Å². The molecule has 0 aromatic heterocycles. The Balaban J connectivity index is 0.00000312. The molecular formula is C19H39IN4O. The molecule has 2 aliphatic rings. The summed E-state index contributed by atoms with van der Waals surface area (Å²) in [6.45, 7) is 11.9. The summed E-state index contributed by atoms with van der Waals surface area (Å²) in [5.41, 5.74) is 0.393. The zero-order valence-corrected chi connectivity index (χ0v) is 18.8. The fourth-order valence-corrected chi connectivity index (χ4v) is 3.91. The smallest absolute Gasteiger partial charge is 0.191 e. The van der Waals surface area contributed by atoms with Crippen LogP contribution in [-0.4, -0.2) is 63.8 Å². The maximum absolute atomic E-state index is 5.29. The molecule has 2 fully saturated rings. The first kappa shape index (κ1) is 23.0. The summed E-state index contributed by atoms with van der Waals surface area (Å²) in [5.74, 6) is 1.75. The number of guanidine groups is 1. The Hall–Kier alpha value is -0.0800. The molecular weight excluding hydrogens is 427 g/mol. The van der Waals surface area contributed by atoms with E-state index in [2.05, 4.69) is 29.4 Å². The molecule has 2 rings (SSSR count). The minimum Gasteiger partial charge on any atom is -0.385 e. The molecule has 1 unspecified atom stereocenters. The Morgan fingerprint density at radius 3 is 2.68 bits per heavy atom. The average Bonchev–Trinajstić information content (AvgIpc) is 2.99. The molecule has 6 heteroatoms. The van der Waals surface area contributed by atoms with Gasteiger partial charge in [0.25, 0.3) is 0 Å². The second-order valence-electron chi connectivity index (χ2n) is 7.63. The Bertz CT molecular complexity index is 388. The number of methoxy groups -OCH3 is 1. The second-order valence-corrected chi connectivity index (χ2v) is 7.63. The van der Waals surface area contributed by atoms with E-state index in [1.165, 1.54) is 51.7 Å². The summed E-state index contributed by atoms with van der Waals surface area (Å²) >= 11 is 0. The number of hydrogen-bond donors (Lipinski definition) is 2. The van der Waals surface area contributed by atoms with Crippen molar-refractivity contribution in [3.63, 3.8) is 0 Å². The van der Waals surface area contributed by atoms with Crippen LogP contribution in [0.2, 0.25) is 0 Å². The molecule has 0 aromatic carbocycles. The normalized spacial score (nSPS) is 23.0. The zero-order chi connectivity index (χ0) is 17.3. The number of rotatable bonds is 10.